The molecule has 1 aromatic carbocycles. The maximum Gasteiger partial charge on any atom is 0.307 e. The SMILES string of the molecule is Cc1cc(C)cc(CS(=O)(=O)CCC(=O)OC(C)(C)C)c1. The molecule has 0 bridgehead atoms. The highest BCUT2D eigenvalue weighted by atomic mass is 32.2. The Bertz CT molecular complexity index is 589. The van der Waals surface area contributed by atoms with Crippen LogP contribution in [0.2, 0.25) is 0 Å². The highest BCUT2D eigenvalue weighted by Gasteiger charge is 2.20. The Balaban J connectivity index is 2.64. The van der Waals surface area contributed by atoms with Crippen LogP contribution >= 0.6 is 0 Å². The lowest BCUT2D eigenvalue weighted by molar-refractivity contribution is -0.154. The molecule has 0 aromatic heterocycles. The van der Waals surface area contributed by atoms with Crippen molar-refractivity contribution in [1.29, 1.82) is 0 Å². The minimum absolute atomic E-state index is 0.0433. The van der Waals surface area contributed by atoms with Crippen molar-refractivity contribution < 1.29 is 17.9 Å². The third kappa shape index (κ3) is 7.27. The molecule has 0 amide bonds. The van der Waals surface area contributed by atoms with E-state index < -0.39 is 21.4 Å². The number of rotatable bonds is 5. The van der Waals surface area contributed by atoms with Crippen molar-refractivity contribution in [2.75, 3.05) is 5.75 Å². The van der Waals surface area contributed by atoms with Gasteiger partial charge in [0, 0.05) is 0 Å². The predicted molar refractivity (Wildman–Crippen MR) is 83.9 cm³/mol. The van der Waals surface area contributed by atoms with Gasteiger partial charge in [0.25, 0.3) is 0 Å². The van der Waals surface area contributed by atoms with Gasteiger partial charge in [-0.3, -0.25) is 4.79 Å². The molecule has 0 aliphatic rings. The van der Waals surface area contributed by atoms with Gasteiger partial charge in [0.05, 0.1) is 17.9 Å². The van der Waals surface area contributed by atoms with Gasteiger partial charge in [-0.05, 0) is 40.2 Å². The Labute approximate surface area is 127 Å². The van der Waals surface area contributed by atoms with Crippen molar-refractivity contribution >= 4 is 15.8 Å². The highest BCUT2D eigenvalue weighted by Crippen LogP contribution is 2.14. The van der Waals surface area contributed by atoms with Crippen molar-refractivity contribution in [2.45, 2.75) is 52.4 Å². The van der Waals surface area contributed by atoms with E-state index in [1.165, 1.54) is 0 Å². The summed E-state index contributed by atoms with van der Waals surface area (Å²) < 4.78 is 29.3. The smallest absolute Gasteiger partial charge is 0.307 e. The van der Waals surface area contributed by atoms with E-state index in [9.17, 15) is 13.2 Å². The van der Waals surface area contributed by atoms with Crippen LogP contribution < -0.4 is 0 Å². The molecule has 0 N–H and O–H groups in total. The summed E-state index contributed by atoms with van der Waals surface area (Å²) in [5.41, 5.74) is 2.24. The molecule has 0 atom stereocenters. The number of sulfone groups is 1. The van der Waals surface area contributed by atoms with Gasteiger partial charge in [-0.2, -0.15) is 0 Å². The zero-order valence-electron chi connectivity index (χ0n) is 13.4. The van der Waals surface area contributed by atoms with Crippen molar-refractivity contribution in [3.8, 4) is 0 Å². The first-order valence-electron chi connectivity index (χ1n) is 6.96. The molecule has 5 heteroatoms. The fourth-order valence-corrected chi connectivity index (χ4v) is 3.41. The Morgan fingerprint density at radius 3 is 2.10 bits per heavy atom. The van der Waals surface area contributed by atoms with Crippen LogP contribution in [0.25, 0.3) is 0 Å². The van der Waals surface area contributed by atoms with Crippen molar-refractivity contribution in [2.24, 2.45) is 0 Å². The largest absolute Gasteiger partial charge is 0.460 e. The molecule has 0 saturated heterocycles. The molecule has 4 nitrogen and oxygen atoms in total. The first-order chi connectivity index (χ1) is 9.47. The standard InChI is InChI=1S/C16H24O4S/c1-12-8-13(2)10-14(9-12)11-21(18,19)7-6-15(17)20-16(3,4)5/h8-10H,6-7,11H2,1-5H3. The number of hydrogen-bond acceptors (Lipinski definition) is 4. The number of benzene rings is 1. The molecule has 0 unspecified atom stereocenters. The molecule has 0 heterocycles. The van der Waals surface area contributed by atoms with Crippen LogP contribution in [0.1, 0.15) is 43.9 Å². The lowest BCUT2D eigenvalue weighted by atomic mass is 10.1. The minimum Gasteiger partial charge on any atom is -0.460 e. The van der Waals surface area contributed by atoms with E-state index in [1.54, 1.807) is 20.8 Å². The predicted octanol–water partition coefficient (Wildman–Crippen LogP) is 2.95. The van der Waals surface area contributed by atoms with Crippen LogP contribution in [0.5, 0.6) is 0 Å². The van der Waals surface area contributed by atoms with E-state index in [0.717, 1.165) is 16.7 Å². The molecule has 1 aromatic rings. The zero-order chi connectivity index (χ0) is 16.3. The number of ether oxygens (including phenoxy) is 1. The average molecular weight is 312 g/mol. The Morgan fingerprint density at radius 1 is 1.10 bits per heavy atom. The average Bonchev–Trinajstić information content (AvgIpc) is 2.22. The van der Waals surface area contributed by atoms with E-state index in [2.05, 4.69) is 0 Å². The molecule has 118 valence electrons. The van der Waals surface area contributed by atoms with E-state index >= 15 is 0 Å². The lowest BCUT2D eigenvalue weighted by Crippen LogP contribution is -2.25. The number of carbonyl (C=O) groups is 1. The summed E-state index contributed by atoms with van der Waals surface area (Å²) in [6.45, 7) is 9.15. The van der Waals surface area contributed by atoms with Crippen LogP contribution in [-0.4, -0.2) is 25.7 Å². The van der Waals surface area contributed by atoms with Gasteiger partial charge in [-0.15, -0.1) is 0 Å². The Morgan fingerprint density at radius 2 is 1.62 bits per heavy atom. The summed E-state index contributed by atoms with van der Waals surface area (Å²) >= 11 is 0. The van der Waals surface area contributed by atoms with Crippen LogP contribution in [0.15, 0.2) is 18.2 Å². The molecule has 0 fully saturated rings. The quantitative estimate of drug-likeness (QED) is 0.784. The molecule has 0 aliphatic carbocycles. The summed E-state index contributed by atoms with van der Waals surface area (Å²) in [6, 6.07) is 5.72. The van der Waals surface area contributed by atoms with Crippen LogP contribution in [0.4, 0.5) is 0 Å². The highest BCUT2D eigenvalue weighted by molar-refractivity contribution is 7.90. The van der Waals surface area contributed by atoms with Crippen molar-refractivity contribution in [3.63, 3.8) is 0 Å². The third-order valence-electron chi connectivity index (χ3n) is 2.71. The van der Waals surface area contributed by atoms with E-state index in [-0.39, 0.29) is 17.9 Å². The molecule has 0 radical (unpaired) electrons. The van der Waals surface area contributed by atoms with Crippen molar-refractivity contribution in [1.82, 2.24) is 0 Å². The van der Waals surface area contributed by atoms with Gasteiger partial charge in [-0.25, -0.2) is 8.42 Å². The monoisotopic (exact) mass is 312 g/mol. The van der Waals surface area contributed by atoms with Gasteiger partial charge in [0.15, 0.2) is 9.84 Å². The maximum absolute atomic E-state index is 12.1. The van der Waals surface area contributed by atoms with Crippen molar-refractivity contribution in [3.05, 3.63) is 34.9 Å². The number of esters is 1. The molecule has 1 rings (SSSR count). The summed E-state index contributed by atoms with van der Waals surface area (Å²) in [6.07, 6.45) is -0.107. The molecule has 0 saturated carbocycles. The second-order valence-corrected chi connectivity index (χ2v) is 8.61. The first-order valence-corrected chi connectivity index (χ1v) is 8.78. The normalized spacial score (nSPS) is 12.2. The first kappa shape index (κ1) is 17.7. The minimum atomic E-state index is -3.32. The maximum atomic E-state index is 12.1. The summed E-state index contributed by atoms with van der Waals surface area (Å²) in [7, 11) is -3.32. The fraction of sp³-hybridized carbons (Fsp3) is 0.562. The second-order valence-electron chi connectivity index (χ2n) is 6.42. The number of carbonyl (C=O) groups excluding carboxylic acids is 1. The summed E-state index contributed by atoms with van der Waals surface area (Å²) in [5.74, 6) is -0.709. The van der Waals surface area contributed by atoms with Crippen LogP contribution in [0, 0.1) is 13.8 Å². The van der Waals surface area contributed by atoms with Gasteiger partial charge in [0.2, 0.25) is 0 Å². The number of aryl methyl sites for hydroxylation is 2. The van der Waals surface area contributed by atoms with E-state index in [1.807, 2.05) is 32.0 Å². The summed E-state index contributed by atoms with van der Waals surface area (Å²) in [5, 5.41) is 0. The van der Waals surface area contributed by atoms with E-state index in [0.29, 0.717) is 0 Å². The van der Waals surface area contributed by atoms with Crippen LogP contribution in [0.3, 0.4) is 0 Å². The molecular formula is C16H24O4S. The lowest BCUT2D eigenvalue weighted by Gasteiger charge is -2.19. The second kappa shape index (κ2) is 6.60. The summed E-state index contributed by atoms with van der Waals surface area (Å²) in [4.78, 5) is 11.6. The molecular weight excluding hydrogens is 288 g/mol. The van der Waals surface area contributed by atoms with Crippen LogP contribution in [-0.2, 0) is 25.1 Å². The Kier molecular flexibility index (Phi) is 5.56. The number of hydrogen-bond donors (Lipinski definition) is 0. The van der Waals surface area contributed by atoms with Gasteiger partial charge < -0.3 is 4.74 Å². The topological polar surface area (TPSA) is 60.4 Å². The Hall–Kier alpha value is -1.36. The molecule has 0 aliphatic heterocycles. The zero-order valence-corrected chi connectivity index (χ0v) is 14.2. The van der Waals surface area contributed by atoms with E-state index in [4.69, 9.17) is 4.74 Å². The van der Waals surface area contributed by atoms with Gasteiger partial charge >= 0.3 is 5.97 Å². The van der Waals surface area contributed by atoms with Gasteiger partial charge in [0.1, 0.15) is 5.60 Å². The third-order valence-corrected chi connectivity index (χ3v) is 4.30. The molecule has 21 heavy (non-hydrogen) atoms. The van der Waals surface area contributed by atoms with Gasteiger partial charge in [-0.1, -0.05) is 29.3 Å². The molecule has 0 spiro atoms. The fourth-order valence-electron chi connectivity index (χ4n) is 2.11.